The zero-order chi connectivity index (χ0) is 12.8. The Morgan fingerprint density at radius 3 is 2.06 bits per heavy atom. The molecule has 1 unspecified atom stereocenters. The Balaban J connectivity index is 3.15. The molecule has 0 aromatic heterocycles. The number of rotatable bonds is 12. The Morgan fingerprint density at radius 1 is 0.941 bits per heavy atom. The molecular formula is C15H30N2. The molecule has 0 saturated carbocycles. The molecule has 0 fully saturated rings. The molecule has 1 atom stereocenters. The third-order valence-electron chi connectivity index (χ3n) is 3.29. The molecule has 0 aliphatic rings. The fraction of sp³-hybridized carbons (Fsp3) is 0.933. The average molecular weight is 238 g/mol. The summed E-state index contributed by atoms with van der Waals surface area (Å²) in [4.78, 5) is 0. The number of hydrogen-bond acceptors (Lipinski definition) is 2. The van der Waals surface area contributed by atoms with Crippen LogP contribution in [0.25, 0.3) is 0 Å². The lowest BCUT2D eigenvalue weighted by atomic mass is 10.1. The van der Waals surface area contributed by atoms with Crippen LogP contribution in [0.4, 0.5) is 0 Å². The highest BCUT2D eigenvalue weighted by molar-refractivity contribution is 4.79. The van der Waals surface area contributed by atoms with Gasteiger partial charge in [-0.05, 0) is 19.4 Å². The third kappa shape index (κ3) is 11.7. The Hall–Kier alpha value is -0.550. The van der Waals surface area contributed by atoms with Crippen molar-refractivity contribution in [2.75, 3.05) is 6.54 Å². The fourth-order valence-corrected chi connectivity index (χ4v) is 2.04. The third-order valence-corrected chi connectivity index (χ3v) is 3.29. The summed E-state index contributed by atoms with van der Waals surface area (Å²) in [5.41, 5.74) is 0. The van der Waals surface area contributed by atoms with Crippen LogP contribution in [0.1, 0.15) is 78.1 Å². The Kier molecular flexibility index (Phi) is 13.1. The summed E-state index contributed by atoms with van der Waals surface area (Å²) < 4.78 is 0. The Bertz CT molecular complexity index is 184. The SMILES string of the molecule is CCCCCCCCCCNC(CC)CC#N. The van der Waals surface area contributed by atoms with E-state index in [0.717, 1.165) is 13.0 Å². The van der Waals surface area contributed by atoms with Crippen molar-refractivity contribution in [2.24, 2.45) is 0 Å². The first-order valence-corrected chi connectivity index (χ1v) is 7.45. The molecule has 0 rings (SSSR count). The molecule has 2 nitrogen and oxygen atoms in total. The van der Waals surface area contributed by atoms with Gasteiger partial charge in [-0.25, -0.2) is 0 Å². The maximum absolute atomic E-state index is 8.62. The second kappa shape index (κ2) is 13.5. The number of nitrogens with zero attached hydrogens (tertiary/aromatic N) is 1. The van der Waals surface area contributed by atoms with Gasteiger partial charge >= 0.3 is 0 Å². The molecule has 0 aliphatic heterocycles. The van der Waals surface area contributed by atoms with Crippen LogP contribution >= 0.6 is 0 Å². The molecule has 0 heterocycles. The summed E-state index contributed by atoms with van der Waals surface area (Å²) >= 11 is 0. The fourth-order valence-electron chi connectivity index (χ4n) is 2.04. The van der Waals surface area contributed by atoms with Gasteiger partial charge in [-0.2, -0.15) is 5.26 Å². The number of hydrogen-bond donors (Lipinski definition) is 1. The highest BCUT2D eigenvalue weighted by atomic mass is 14.9. The van der Waals surface area contributed by atoms with E-state index in [1.807, 2.05) is 0 Å². The van der Waals surface area contributed by atoms with Gasteiger partial charge in [0.2, 0.25) is 0 Å². The predicted molar refractivity (Wildman–Crippen MR) is 74.9 cm³/mol. The van der Waals surface area contributed by atoms with Crippen LogP contribution in [-0.4, -0.2) is 12.6 Å². The number of unbranched alkanes of at least 4 members (excludes halogenated alkanes) is 7. The lowest BCUT2D eigenvalue weighted by Gasteiger charge is -2.12. The highest BCUT2D eigenvalue weighted by Gasteiger charge is 2.02. The normalized spacial score (nSPS) is 12.3. The largest absolute Gasteiger partial charge is 0.313 e. The first-order chi connectivity index (χ1) is 8.35. The zero-order valence-corrected chi connectivity index (χ0v) is 11.8. The van der Waals surface area contributed by atoms with E-state index < -0.39 is 0 Å². The van der Waals surface area contributed by atoms with Crippen molar-refractivity contribution in [3.63, 3.8) is 0 Å². The van der Waals surface area contributed by atoms with Crippen molar-refractivity contribution in [1.29, 1.82) is 5.26 Å². The summed E-state index contributed by atoms with van der Waals surface area (Å²) in [7, 11) is 0. The van der Waals surface area contributed by atoms with Crippen molar-refractivity contribution in [1.82, 2.24) is 5.32 Å². The average Bonchev–Trinajstić information content (AvgIpc) is 2.35. The second-order valence-corrected chi connectivity index (χ2v) is 4.90. The van der Waals surface area contributed by atoms with Gasteiger partial charge < -0.3 is 5.32 Å². The van der Waals surface area contributed by atoms with Crippen LogP contribution in [0.15, 0.2) is 0 Å². The van der Waals surface area contributed by atoms with Gasteiger partial charge in [-0.1, -0.05) is 58.8 Å². The van der Waals surface area contributed by atoms with Crippen LogP contribution in [0.3, 0.4) is 0 Å². The molecule has 0 radical (unpaired) electrons. The monoisotopic (exact) mass is 238 g/mol. The van der Waals surface area contributed by atoms with Crippen LogP contribution in [0, 0.1) is 11.3 Å². The van der Waals surface area contributed by atoms with Gasteiger partial charge in [-0.3, -0.25) is 0 Å². The van der Waals surface area contributed by atoms with E-state index in [9.17, 15) is 0 Å². The molecule has 0 amide bonds. The molecule has 17 heavy (non-hydrogen) atoms. The maximum atomic E-state index is 8.62. The van der Waals surface area contributed by atoms with Crippen molar-refractivity contribution < 1.29 is 0 Å². The van der Waals surface area contributed by atoms with Crippen LogP contribution in [0.5, 0.6) is 0 Å². The number of nitriles is 1. The summed E-state index contributed by atoms with van der Waals surface area (Å²) in [6.07, 6.45) is 12.6. The van der Waals surface area contributed by atoms with Crippen molar-refractivity contribution >= 4 is 0 Å². The maximum Gasteiger partial charge on any atom is 0.0638 e. The van der Waals surface area contributed by atoms with Crippen molar-refractivity contribution in [3.05, 3.63) is 0 Å². The van der Waals surface area contributed by atoms with E-state index in [-0.39, 0.29) is 0 Å². The van der Waals surface area contributed by atoms with Gasteiger partial charge in [0, 0.05) is 6.04 Å². The zero-order valence-electron chi connectivity index (χ0n) is 11.8. The predicted octanol–water partition coefficient (Wildman–Crippen LogP) is 4.41. The first kappa shape index (κ1) is 16.4. The number of nitrogens with one attached hydrogen (secondary N) is 1. The smallest absolute Gasteiger partial charge is 0.0638 e. The molecule has 2 heteroatoms. The van der Waals surface area contributed by atoms with Crippen molar-refractivity contribution in [2.45, 2.75) is 84.1 Å². The lowest BCUT2D eigenvalue weighted by Crippen LogP contribution is -2.28. The molecule has 0 spiro atoms. The molecule has 0 aromatic carbocycles. The van der Waals surface area contributed by atoms with Crippen LogP contribution < -0.4 is 5.32 Å². The first-order valence-electron chi connectivity index (χ1n) is 7.45. The van der Waals surface area contributed by atoms with Gasteiger partial charge in [-0.15, -0.1) is 0 Å². The molecular weight excluding hydrogens is 208 g/mol. The van der Waals surface area contributed by atoms with Gasteiger partial charge in [0.1, 0.15) is 0 Å². The topological polar surface area (TPSA) is 35.8 Å². The Morgan fingerprint density at radius 2 is 1.53 bits per heavy atom. The standard InChI is InChI=1S/C15H30N2/c1-3-5-6-7-8-9-10-11-14-17-15(4-2)12-13-16/h15,17H,3-12,14H2,1-2H3. The van der Waals surface area contributed by atoms with Gasteiger partial charge in [0.05, 0.1) is 12.5 Å². The summed E-state index contributed by atoms with van der Waals surface area (Å²) in [6, 6.07) is 2.64. The minimum absolute atomic E-state index is 0.407. The molecule has 1 N–H and O–H groups in total. The summed E-state index contributed by atoms with van der Waals surface area (Å²) in [5, 5.41) is 12.1. The van der Waals surface area contributed by atoms with Crippen LogP contribution in [-0.2, 0) is 0 Å². The minimum atomic E-state index is 0.407. The van der Waals surface area contributed by atoms with E-state index in [1.165, 1.54) is 51.4 Å². The summed E-state index contributed by atoms with van der Waals surface area (Å²) in [5.74, 6) is 0. The second-order valence-electron chi connectivity index (χ2n) is 4.90. The van der Waals surface area contributed by atoms with E-state index in [1.54, 1.807) is 0 Å². The molecule has 0 bridgehead atoms. The lowest BCUT2D eigenvalue weighted by molar-refractivity contribution is 0.482. The van der Waals surface area contributed by atoms with Gasteiger partial charge in [0.25, 0.3) is 0 Å². The Labute approximate surface area is 108 Å². The van der Waals surface area contributed by atoms with Crippen LogP contribution in [0.2, 0.25) is 0 Å². The van der Waals surface area contributed by atoms with Gasteiger partial charge in [0.15, 0.2) is 0 Å². The van der Waals surface area contributed by atoms with E-state index in [4.69, 9.17) is 5.26 Å². The van der Waals surface area contributed by atoms with E-state index >= 15 is 0 Å². The minimum Gasteiger partial charge on any atom is -0.313 e. The summed E-state index contributed by atoms with van der Waals surface area (Å²) in [6.45, 7) is 5.48. The van der Waals surface area contributed by atoms with Crippen molar-refractivity contribution in [3.8, 4) is 6.07 Å². The van der Waals surface area contributed by atoms with E-state index in [2.05, 4.69) is 25.2 Å². The quantitative estimate of drug-likeness (QED) is 0.511. The molecule has 0 saturated heterocycles. The molecule has 0 aliphatic carbocycles. The molecule has 0 aromatic rings. The highest BCUT2D eigenvalue weighted by Crippen LogP contribution is 2.08. The van der Waals surface area contributed by atoms with E-state index in [0.29, 0.717) is 12.5 Å². The molecule has 100 valence electrons.